The number of hydrogen-bond donors (Lipinski definition) is 0. The van der Waals surface area contributed by atoms with Crippen LogP contribution in [0.15, 0.2) is 24.3 Å². The van der Waals surface area contributed by atoms with Gasteiger partial charge in [0.25, 0.3) is 0 Å². The molecule has 32 heavy (non-hydrogen) atoms. The van der Waals surface area contributed by atoms with Crippen molar-refractivity contribution >= 4 is 24.4 Å². The maximum Gasteiger partial charge on any atom is 0.494 e. The van der Waals surface area contributed by atoms with Gasteiger partial charge in [0.1, 0.15) is 5.60 Å². The van der Waals surface area contributed by atoms with E-state index in [1.54, 1.807) is 4.90 Å². The number of piperazine rings is 1. The Morgan fingerprint density at radius 2 is 1.66 bits per heavy atom. The zero-order valence-corrected chi connectivity index (χ0v) is 21.4. The van der Waals surface area contributed by atoms with Gasteiger partial charge in [-0.25, -0.2) is 4.79 Å². The van der Waals surface area contributed by atoms with Crippen LogP contribution < -0.4 is 10.4 Å². The highest BCUT2D eigenvalue weighted by molar-refractivity contribution is 6.62. The Morgan fingerprint density at radius 1 is 1.03 bits per heavy atom. The molecule has 0 aromatic heterocycles. The van der Waals surface area contributed by atoms with Crippen LogP contribution in [0.1, 0.15) is 68.7 Å². The number of carbonyl (C=O) groups excluding carboxylic acids is 1. The standard InChI is InChI=1S/C25H41BN2O4/c1-22(2,3)18-25(9)24(7,8)31-26(32-25)19-11-10-12-20(17-19)27-13-15-28(16-14-27)21(29)30-23(4,5)6/h10-12,17H,13-16,18H2,1-9H3. The molecule has 1 aromatic rings. The van der Waals surface area contributed by atoms with Crippen molar-refractivity contribution in [1.82, 2.24) is 4.90 Å². The predicted octanol–water partition coefficient (Wildman–Crippen LogP) is 4.46. The van der Waals surface area contributed by atoms with E-state index in [-0.39, 0.29) is 29.8 Å². The Hall–Kier alpha value is -1.73. The fraction of sp³-hybridized carbons (Fsp3) is 0.720. The van der Waals surface area contributed by atoms with Crippen molar-refractivity contribution in [2.45, 2.75) is 85.5 Å². The van der Waals surface area contributed by atoms with E-state index < -0.39 is 5.60 Å². The number of ether oxygens (including phenoxy) is 1. The molecule has 2 saturated heterocycles. The quantitative estimate of drug-likeness (QED) is 0.645. The third-order valence-electron chi connectivity index (χ3n) is 6.35. The molecule has 0 saturated carbocycles. The molecule has 0 radical (unpaired) electrons. The highest BCUT2D eigenvalue weighted by Gasteiger charge is 2.55. The Morgan fingerprint density at radius 3 is 2.22 bits per heavy atom. The van der Waals surface area contributed by atoms with Crippen LogP contribution in [-0.2, 0) is 14.0 Å². The smallest absolute Gasteiger partial charge is 0.444 e. The van der Waals surface area contributed by atoms with E-state index in [0.29, 0.717) is 13.1 Å². The number of anilines is 1. The van der Waals surface area contributed by atoms with E-state index in [1.165, 1.54) is 0 Å². The van der Waals surface area contributed by atoms with Crippen molar-refractivity contribution in [1.29, 1.82) is 0 Å². The Kier molecular flexibility index (Phi) is 6.67. The minimum atomic E-state index is -0.473. The highest BCUT2D eigenvalue weighted by atomic mass is 16.7. The van der Waals surface area contributed by atoms with Gasteiger partial charge >= 0.3 is 13.2 Å². The van der Waals surface area contributed by atoms with Gasteiger partial charge in [0.05, 0.1) is 11.2 Å². The molecule has 3 rings (SSSR count). The molecule has 0 spiro atoms. The Bertz CT molecular complexity index is 822. The summed E-state index contributed by atoms with van der Waals surface area (Å²) < 4.78 is 18.5. The lowest BCUT2D eigenvalue weighted by atomic mass is 9.75. The van der Waals surface area contributed by atoms with E-state index in [2.05, 4.69) is 70.7 Å². The first-order chi connectivity index (χ1) is 14.6. The van der Waals surface area contributed by atoms with Crippen LogP contribution >= 0.6 is 0 Å². The van der Waals surface area contributed by atoms with Crippen molar-refractivity contribution in [3.05, 3.63) is 24.3 Å². The van der Waals surface area contributed by atoms with Crippen molar-refractivity contribution < 1.29 is 18.8 Å². The topological polar surface area (TPSA) is 51.2 Å². The molecule has 1 atom stereocenters. The van der Waals surface area contributed by atoms with Crippen LogP contribution in [0.2, 0.25) is 0 Å². The third-order valence-corrected chi connectivity index (χ3v) is 6.35. The first-order valence-corrected chi connectivity index (χ1v) is 11.8. The van der Waals surface area contributed by atoms with Gasteiger partial charge in [-0.15, -0.1) is 0 Å². The number of rotatable bonds is 3. The predicted molar refractivity (Wildman–Crippen MR) is 131 cm³/mol. The number of hydrogen-bond acceptors (Lipinski definition) is 5. The average Bonchev–Trinajstić information content (AvgIpc) is 2.88. The van der Waals surface area contributed by atoms with Gasteiger partial charge in [0.2, 0.25) is 0 Å². The molecule has 178 valence electrons. The summed E-state index contributed by atoms with van der Waals surface area (Å²) in [5.41, 5.74) is 1.06. The summed E-state index contributed by atoms with van der Waals surface area (Å²) in [6.45, 7) is 21.6. The Labute approximate surface area is 194 Å². The van der Waals surface area contributed by atoms with Crippen LogP contribution in [-0.4, -0.2) is 61.1 Å². The highest BCUT2D eigenvalue weighted by Crippen LogP contribution is 2.44. The summed E-state index contributed by atoms with van der Waals surface area (Å²) in [5.74, 6) is 0. The summed E-state index contributed by atoms with van der Waals surface area (Å²) in [7, 11) is -0.389. The van der Waals surface area contributed by atoms with Gasteiger partial charge in [-0.3, -0.25) is 0 Å². The second-order valence-corrected chi connectivity index (χ2v) is 12.1. The molecule has 7 heteroatoms. The van der Waals surface area contributed by atoms with E-state index in [4.69, 9.17) is 14.0 Å². The SMILES string of the molecule is CC(C)(C)CC1(C)OB(c2cccc(N3CCN(C(=O)OC(C)(C)C)CC3)c2)OC1(C)C. The normalized spacial score (nSPS) is 24.1. The molecule has 2 aliphatic heterocycles. The molecule has 0 N–H and O–H groups in total. The molecule has 0 aliphatic carbocycles. The zero-order valence-electron chi connectivity index (χ0n) is 21.4. The molecule has 2 aliphatic rings. The number of nitrogens with zero attached hydrogens (tertiary/aromatic N) is 2. The van der Waals surface area contributed by atoms with Gasteiger partial charge < -0.3 is 23.8 Å². The minimum Gasteiger partial charge on any atom is -0.444 e. The summed E-state index contributed by atoms with van der Waals surface area (Å²) in [6.07, 6.45) is 0.675. The van der Waals surface area contributed by atoms with Gasteiger partial charge in [-0.05, 0) is 71.0 Å². The molecule has 2 fully saturated rings. The van der Waals surface area contributed by atoms with Crippen molar-refractivity contribution in [3.63, 3.8) is 0 Å². The monoisotopic (exact) mass is 444 g/mol. The molecule has 0 bridgehead atoms. The molecule has 1 amide bonds. The number of benzene rings is 1. The van der Waals surface area contributed by atoms with Crippen molar-refractivity contribution in [3.8, 4) is 0 Å². The molecule has 6 nitrogen and oxygen atoms in total. The lowest BCUT2D eigenvalue weighted by Crippen LogP contribution is -2.50. The molecular weight excluding hydrogens is 403 g/mol. The van der Waals surface area contributed by atoms with Gasteiger partial charge in [-0.1, -0.05) is 32.9 Å². The maximum absolute atomic E-state index is 12.4. The van der Waals surface area contributed by atoms with Gasteiger partial charge in [0.15, 0.2) is 0 Å². The fourth-order valence-corrected chi connectivity index (χ4v) is 4.54. The summed E-state index contributed by atoms with van der Waals surface area (Å²) >= 11 is 0. The molecule has 1 aromatic carbocycles. The van der Waals surface area contributed by atoms with Crippen molar-refractivity contribution in [2.24, 2.45) is 5.41 Å². The Balaban J connectivity index is 1.67. The van der Waals surface area contributed by atoms with Gasteiger partial charge in [-0.2, -0.15) is 0 Å². The first kappa shape index (κ1) is 24.9. The molecular formula is C25H41BN2O4. The van der Waals surface area contributed by atoms with Crippen LogP contribution in [0, 0.1) is 5.41 Å². The van der Waals surface area contributed by atoms with E-state index in [9.17, 15) is 4.79 Å². The number of amides is 1. The lowest BCUT2D eigenvalue weighted by molar-refractivity contribution is -0.0367. The summed E-state index contributed by atoms with van der Waals surface area (Å²) in [6, 6.07) is 8.40. The van der Waals surface area contributed by atoms with Crippen LogP contribution in [0.3, 0.4) is 0 Å². The molecule has 2 heterocycles. The van der Waals surface area contributed by atoms with Crippen LogP contribution in [0.5, 0.6) is 0 Å². The van der Waals surface area contributed by atoms with Crippen LogP contribution in [0.25, 0.3) is 0 Å². The average molecular weight is 444 g/mol. The summed E-state index contributed by atoms with van der Waals surface area (Å²) in [4.78, 5) is 16.4. The van der Waals surface area contributed by atoms with Crippen molar-refractivity contribution in [2.75, 3.05) is 31.1 Å². The van der Waals surface area contributed by atoms with E-state index >= 15 is 0 Å². The van der Waals surface area contributed by atoms with Gasteiger partial charge in [0, 0.05) is 31.9 Å². The first-order valence-electron chi connectivity index (χ1n) is 11.8. The second kappa shape index (κ2) is 8.56. The maximum atomic E-state index is 12.4. The largest absolute Gasteiger partial charge is 0.494 e. The molecule has 1 unspecified atom stereocenters. The van der Waals surface area contributed by atoms with Crippen LogP contribution in [0.4, 0.5) is 10.5 Å². The van der Waals surface area contributed by atoms with E-state index in [1.807, 2.05) is 20.8 Å². The fourth-order valence-electron chi connectivity index (χ4n) is 4.54. The third kappa shape index (κ3) is 5.79. The summed E-state index contributed by atoms with van der Waals surface area (Å²) in [5, 5.41) is 0. The lowest BCUT2D eigenvalue weighted by Gasteiger charge is -2.40. The zero-order chi connectivity index (χ0) is 23.9. The minimum absolute atomic E-state index is 0.139. The number of carbonyl (C=O) groups is 1. The van der Waals surface area contributed by atoms with E-state index in [0.717, 1.165) is 30.7 Å². The second-order valence-electron chi connectivity index (χ2n) is 12.1.